The smallest absolute Gasteiger partial charge is 0.197 e. The molecule has 0 spiro atoms. The first-order valence-corrected chi connectivity index (χ1v) is 14.3. The van der Waals surface area contributed by atoms with Gasteiger partial charge < -0.3 is 24.4 Å². The molecule has 208 valence electrons. The zero-order valence-electron chi connectivity index (χ0n) is 23.8. The molecule has 0 radical (unpaired) electrons. The molecule has 2 aliphatic rings. The molecule has 3 aromatic heterocycles. The number of fused-ring (bicyclic) bond motifs is 10. The van der Waals surface area contributed by atoms with Crippen LogP contribution >= 0.6 is 0 Å². The number of aromatic amines is 1. The van der Waals surface area contributed by atoms with Crippen molar-refractivity contribution in [1.82, 2.24) is 29.1 Å². The maximum atomic E-state index is 11.1. The van der Waals surface area contributed by atoms with E-state index in [9.17, 15) is 5.11 Å². The molecule has 0 unspecified atom stereocenters. The van der Waals surface area contributed by atoms with Gasteiger partial charge in [-0.1, -0.05) is 18.1 Å². The highest BCUT2D eigenvalue weighted by Crippen LogP contribution is 2.49. The first-order valence-electron chi connectivity index (χ1n) is 14.3. The molecule has 4 heterocycles. The largest absolute Gasteiger partial charge is 0.494 e. The predicted octanol–water partition coefficient (Wildman–Crippen LogP) is 4.49. The van der Waals surface area contributed by atoms with E-state index in [-0.39, 0.29) is 5.88 Å². The van der Waals surface area contributed by atoms with E-state index in [1.54, 1.807) is 7.11 Å². The van der Waals surface area contributed by atoms with E-state index in [1.807, 2.05) is 24.9 Å². The number of rotatable bonds is 6. The number of piperazine rings is 1. The average Bonchev–Trinajstić information content (AvgIpc) is 3.64. The molecular formula is C31H37N7O2. The summed E-state index contributed by atoms with van der Waals surface area (Å²) < 4.78 is 4.43. The van der Waals surface area contributed by atoms with Gasteiger partial charge in [-0.2, -0.15) is 5.10 Å². The molecule has 1 saturated heterocycles. The maximum absolute atomic E-state index is 11.1. The van der Waals surface area contributed by atoms with Crippen LogP contribution in [-0.4, -0.2) is 86.3 Å². The number of aryl methyl sites for hydroxylation is 3. The van der Waals surface area contributed by atoms with Gasteiger partial charge in [0.1, 0.15) is 7.11 Å². The van der Waals surface area contributed by atoms with Crippen LogP contribution < -0.4 is 0 Å². The van der Waals surface area contributed by atoms with Crippen molar-refractivity contribution < 1.29 is 9.94 Å². The number of benzene rings is 2. The van der Waals surface area contributed by atoms with Crippen molar-refractivity contribution in [1.29, 1.82) is 0 Å². The van der Waals surface area contributed by atoms with Gasteiger partial charge in [0.2, 0.25) is 0 Å². The van der Waals surface area contributed by atoms with Gasteiger partial charge in [-0.15, -0.1) is 0 Å². The topological polar surface area (TPSA) is 86.8 Å². The number of nitrogens with one attached hydrogen (secondary N) is 1. The van der Waals surface area contributed by atoms with Crippen LogP contribution in [0.15, 0.2) is 35.7 Å². The monoisotopic (exact) mass is 539 g/mol. The van der Waals surface area contributed by atoms with Gasteiger partial charge in [0, 0.05) is 91.5 Å². The molecule has 7 rings (SSSR count). The van der Waals surface area contributed by atoms with Crippen molar-refractivity contribution in [2.24, 2.45) is 12.2 Å². The molecular weight excluding hydrogens is 502 g/mol. The van der Waals surface area contributed by atoms with Crippen LogP contribution in [0, 0.1) is 0 Å². The van der Waals surface area contributed by atoms with Crippen molar-refractivity contribution in [2.45, 2.75) is 33.2 Å². The van der Waals surface area contributed by atoms with Crippen molar-refractivity contribution >= 4 is 38.3 Å². The molecule has 2 aromatic carbocycles. The lowest BCUT2D eigenvalue weighted by Crippen LogP contribution is -2.46. The highest BCUT2D eigenvalue weighted by molar-refractivity contribution is 6.27. The van der Waals surface area contributed by atoms with Crippen molar-refractivity contribution in [3.05, 3.63) is 47.4 Å². The molecule has 0 saturated carbocycles. The molecule has 0 bridgehead atoms. The predicted molar refractivity (Wildman–Crippen MR) is 160 cm³/mol. The van der Waals surface area contributed by atoms with E-state index in [1.165, 1.54) is 27.4 Å². The molecule has 2 N–H and O–H groups in total. The minimum atomic E-state index is 0.216. The lowest BCUT2D eigenvalue weighted by atomic mass is 9.85. The third-order valence-corrected chi connectivity index (χ3v) is 9.01. The fourth-order valence-corrected chi connectivity index (χ4v) is 7.00. The van der Waals surface area contributed by atoms with Gasteiger partial charge in [-0.05, 0) is 49.6 Å². The van der Waals surface area contributed by atoms with E-state index >= 15 is 0 Å². The molecule has 5 aromatic rings. The van der Waals surface area contributed by atoms with E-state index in [0.717, 1.165) is 97.5 Å². The normalized spacial score (nSPS) is 16.8. The van der Waals surface area contributed by atoms with E-state index in [2.05, 4.69) is 55.8 Å². The quantitative estimate of drug-likeness (QED) is 0.245. The van der Waals surface area contributed by atoms with E-state index < -0.39 is 0 Å². The Morgan fingerprint density at radius 1 is 1.07 bits per heavy atom. The second-order valence-electron chi connectivity index (χ2n) is 11.2. The van der Waals surface area contributed by atoms with Crippen molar-refractivity contribution in [2.75, 3.05) is 46.4 Å². The molecule has 1 fully saturated rings. The minimum absolute atomic E-state index is 0.216. The number of oxime groups is 1. The van der Waals surface area contributed by atoms with Gasteiger partial charge in [0.05, 0.1) is 22.3 Å². The van der Waals surface area contributed by atoms with Gasteiger partial charge in [0.25, 0.3) is 0 Å². The zero-order valence-corrected chi connectivity index (χ0v) is 23.8. The van der Waals surface area contributed by atoms with E-state index in [0.29, 0.717) is 0 Å². The minimum Gasteiger partial charge on any atom is -0.494 e. The van der Waals surface area contributed by atoms with Crippen LogP contribution in [0.1, 0.15) is 30.7 Å². The summed E-state index contributed by atoms with van der Waals surface area (Å²) in [7, 11) is 3.56. The van der Waals surface area contributed by atoms with Crippen LogP contribution in [0.4, 0.5) is 0 Å². The fourth-order valence-electron chi connectivity index (χ4n) is 7.00. The van der Waals surface area contributed by atoms with Crippen molar-refractivity contribution in [3.63, 3.8) is 0 Å². The molecule has 9 nitrogen and oxygen atoms in total. The Bertz CT molecular complexity index is 1780. The molecule has 1 aliphatic carbocycles. The van der Waals surface area contributed by atoms with Crippen LogP contribution in [-0.2, 0) is 31.3 Å². The number of likely N-dealkylation sites (N-methyl/N-ethyl adjacent to an activating group) is 1. The molecule has 0 atom stereocenters. The van der Waals surface area contributed by atoms with Gasteiger partial charge in [0.15, 0.2) is 5.88 Å². The molecule has 40 heavy (non-hydrogen) atoms. The number of hydrogen-bond donors (Lipinski definition) is 2. The number of hydrogen-bond acceptors (Lipinski definition) is 6. The summed E-state index contributed by atoms with van der Waals surface area (Å²) in [6, 6.07) is 6.62. The highest BCUT2D eigenvalue weighted by atomic mass is 16.6. The molecule has 0 amide bonds. The zero-order chi connectivity index (χ0) is 27.5. The standard InChI is InChI=1S/C31H37N7O2/c1-5-36-10-12-37(13-11-36)14-15-38-26-9-6-20(19(2)34-40-4)16-22(26)28-23-17-32-31(39)29(23)27-21(30(28)38)7-8-25-24(27)18-35(3)33-25/h6,9,16-18,32,39H,5,7-8,10-15H2,1-4H3. The third kappa shape index (κ3) is 3.83. The summed E-state index contributed by atoms with van der Waals surface area (Å²) in [6.45, 7) is 11.7. The number of aromatic hydroxyl groups is 1. The maximum Gasteiger partial charge on any atom is 0.197 e. The Kier molecular flexibility index (Phi) is 6.09. The summed E-state index contributed by atoms with van der Waals surface area (Å²) >= 11 is 0. The lowest BCUT2D eigenvalue weighted by molar-refractivity contribution is 0.134. The summed E-state index contributed by atoms with van der Waals surface area (Å²) in [5.41, 5.74) is 9.00. The fraction of sp³-hybridized carbons (Fsp3) is 0.419. The second kappa shape index (κ2) is 9.67. The van der Waals surface area contributed by atoms with E-state index in [4.69, 9.17) is 9.94 Å². The summed E-state index contributed by atoms with van der Waals surface area (Å²) in [5, 5.41) is 24.4. The summed E-state index contributed by atoms with van der Waals surface area (Å²) in [4.78, 5) is 13.4. The van der Waals surface area contributed by atoms with Gasteiger partial charge in [-0.3, -0.25) is 9.58 Å². The Hall–Kier alpha value is -3.82. The Morgan fingerprint density at radius 2 is 1.88 bits per heavy atom. The number of nitrogens with zero attached hydrogens (tertiary/aromatic N) is 6. The highest BCUT2D eigenvalue weighted by Gasteiger charge is 2.30. The van der Waals surface area contributed by atoms with Gasteiger partial charge >= 0.3 is 0 Å². The Labute approximate surface area is 233 Å². The van der Waals surface area contributed by atoms with Crippen LogP contribution in [0.25, 0.3) is 43.7 Å². The first-order chi connectivity index (χ1) is 19.5. The third-order valence-electron chi connectivity index (χ3n) is 9.01. The van der Waals surface area contributed by atoms with Crippen LogP contribution in [0.2, 0.25) is 0 Å². The number of aromatic nitrogens is 4. The second-order valence-corrected chi connectivity index (χ2v) is 11.2. The summed E-state index contributed by atoms with van der Waals surface area (Å²) in [5.74, 6) is 0.216. The first kappa shape index (κ1) is 25.2. The molecule has 9 heteroatoms. The molecule has 1 aliphatic heterocycles. The van der Waals surface area contributed by atoms with Gasteiger partial charge in [-0.25, -0.2) is 0 Å². The van der Waals surface area contributed by atoms with Crippen molar-refractivity contribution in [3.8, 4) is 17.0 Å². The number of H-pyrrole nitrogens is 1. The average molecular weight is 540 g/mol. The van der Waals surface area contributed by atoms with Crippen LogP contribution in [0.5, 0.6) is 5.88 Å². The van der Waals surface area contributed by atoms with Crippen LogP contribution in [0.3, 0.4) is 0 Å². The Morgan fingerprint density at radius 3 is 2.65 bits per heavy atom. The SMILES string of the molecule is CCN1CCN(CCn2c3ccc(C(C)=NOC)cc3c3c4c[nH]c(O)c4c4c(c32)CCc2nn(C)cc2-4)CC1. The Balaban J connectivity index is 1.48. The lowest BCUT2D eigenvalue weighted by Gasteiger charge is -2.34. The summed E-state index contributed by atoms with van der Waals surface area (Å²) in [6.07, 6.45) is 5.85.